The molecule has 0 amide bonds. The van der Waals surface area contributed by atoms with E-state index in [2.05, 4.69) is 10.2 Å². The third-order valence-electron chi connectivity index (χ3n) is 2.83. The molecule has 0 fully saturated rings. The lowest BCUT2D eigenvalue weighted by Crippen LogP contribution is -2.21. The summed E-state index contributed by atoms with van der Waals surface area (Å²) in [6.07, 6.45) is 0. The first kappa shape index (κ1) is 17.8. The van der Waals surface area contributed by atoms with E-state index in [-0.39, 0.29) is 11.2 Å². The fourth-order valence-corrected chi connectivity index (χ4v) is 4.65. The van der Waals surface area contributed by atoms with Crippen molar-refractivity contribution in [1.29, 1.82) is 0 Å². The predicted molar refractivity (Wildman–Crippen MR) is 96.1 cm³/mol. The summed E-state index contributed by atoms with van der Waals surface area (Å²) >= 11 is 10.5. The van der Waals surface area contributed by atoms with Crippen LogP contribution in [0.25, 0.3) is 0 Å². The predicted octanol–water partition coefficient (Wildman–Crippen LogP) is 5.19. The molecule has 0 saturated heterocycles. The first-order chi connectivity index (χ1) is 10.3. The number of Topliss-reactive ketones (excluding diaryl/α,β-unsaturated/α-hetero) is 1. The normalized spacial score (nSPS) is 11.6. The minimum atomic E-state index is -0.302. The standard InChI is InChI=1S/C15H17ClN2OS3/c1-15(2,3)12(19)9-21-14-18-17-13(22-14)20-8-10-4-6-11(16)7-5-10/h4-7H,8-9H2,1-3H3. The number of thioether (sulfide) groups is 2. The molecule has 3 nitrogen and oxygen atoms in total. The van der Waals surface area contributed by atoms with Crippen molar-refractivity contribution in [2.45, 2.75) is 35.2 Å². The highest BCUT2D eigenvalue weighted by Gasteiger charge is 2.21. The van der Waals surface area contributed by atoms with Gasteiger partial charge in [-0.2, -0.15) is 0 Å². The fraction of sp³-hybridized carbons (Fsp3) is 0.400. The highest BCUT2D eigenvalue weighted by atomic mass is 35.5. The maximum atomic E-state index is 11.9. The molecular weight excluding hydrogens is 356 g/mol. The van der Waals surface area contributed by atoms with Gasteiger partial charge >= 0.3 is 0 Å². The lowest BCUT2D eigenvalue weighted by atomic mass is 9.92. The van der Waals surface area contributed by atoms with Gasteiger partial charge in [-0.3, -0.25) is 4.79 Å². The van der Waals surface area contributed by atoms with E-state index in [9.17, 15) is 4.79 Å². The van der Waals surface area contributed by atoms with Crippen molar-refractivity contribution in [1.82, 2.24) is 10.2 Å². The maximum absolute atomic E-state index is 11.9. The van der Waals surface area contributed by atoms with E-state index in [4.69, 9.17) is 11.6 Å². The molecule has 0 aliphatic rings. The third kappa shape index (κ3) is 5.57. The summed E-state index contributed by atoms with van der Waals surface area (Å²) in [5, 5.41) is 9.04. The van der Waals surface area contributed by atoms with Gasteiger partial charge in [-0.25, -0.2) is 0 Å². The lowest BCUT2D eigenvalue weighted by molar-refractivity contribution is -0.123. The minimum absolute atomic E-state index is 0.225. The second-order valence-electron chi connectivity index (χ2n) is 5.71. The maximum Gasteiger partial charge on any atom is 0.175 e. The van der Waals surface area contributed by atoms with Crippen molar-refractivity contribution >= 4 is 52.2 Å². The second kappa shape index (κ2) is 7.81. The molecule has 0 saturated carbocycles. The smallest absolute Gasteiger partial charge is 0.175 e. The van der Waals surface area contributed by atoms with Crippen molar-refractivity contribution in [3.8, 4) is 0 Å². The molecule has 0 aliphatic carbocycles. The molecule has 0 N–H and O–H groups in total. The van der Waals surface area contributed by atoms with Gasteiger partial charge in [0.25, 0.3) is 0 Å². The Morgan fingerprint density at radius 3 is 2.32 bits per heavy atom. The largest absolute Gasteiger partial charge is 0.298 e. The molecule has 2 aromatic rings. The number of carbonyl (C=O) groups is 1. The second-order valence-corrected chi connectivity index (χ2v) is 9.57. The Hall–Kier alpha value is -0.560. The molecule has 0 spiro atoms. The van der Waals surface area contributed by atoms with Crippen molar-refractivity contribution in [2.75, 3.05) is 5.75 Å². The summed E-state index contributed by atoms with van der Waals surface area (Å²) < 4.78 is 1.76. The van der Waals surface area contributed by atoms with Crippen LogP contribution in [0.1, 0.15) is 26.3 Å². The zero-order valence-electron chi connectivity index (χ0n) is 12.6. The molecule has 0 bridgehead atoms. The van der Waals surface area contributed by atoms with Crippen LogP contribution in [0.4, 0.5) is 0 Å². The van der Waals surface area contributed by atoms with Crippen LogP contribution in [0.5, 0.6) is 0 Å². The number of hydrogen-bond donors (Lipinski definition) is 0. The number of carbonyl (C=O) groups excluding carboxylic acids is 1. The first-order valence-electron chi connectivity index (χ1n) is 6.71. The van der Waals surface area contributed by atoms with Crippen LogP contribution >= 0.6 is 46.5 Å². The van der Waals surface area contributed by atoms with E-state index in [0.717, 1.165) is 19.5 Å². The van der Waals surface area contributed by atoms with Crippen LogP contribution in [-0.2, 0) is 10.5 Å². The van der Waals surface area contributed by atoms with Gasteiger partial charge in [0.05, 0.1) is 5.75 Å². The van der Waals surface area contributed by atoms with E-state index in [1.165, 1.54) is 28.7 Å². The number of benzene rings is 1. The molecule has 7 heteroatoms. The van der Waals surface area contributed by atoms with Crippen LogP contribution in [-0.4, -0.2) is 21.7 Å². The first-order valence-corrected chi connectivity index (χ1v) is 9.88. The molecule has 0 radical (unpaired) electrons. The molecule has 118 valence electrons. The van der Waals surface area contributed by atoms with Crippen LogP contribution in [0.2, 0.25) is 5.02 Å². The van der Waals surface area contributed by atoms with Crippen LogP contribution in [0.3, 0.4) is 0 Å². The Kier molecular flexibility index (Phi) is 6.32. The van der Waals surface area contributed by atoms with E-state index in [1.807, 2.05) is 45.0 Å². The van der Waals surface area contributed by atoms with Gasteiger partial charge in [-0.15, -0.1) is 10.2 Å². The zero-order chi connectivity index (χ0) is 16.2. The molecule has 0 unspecified atom stereocenters. The minimum Gasteiger partial charge on any atom is -0.298 e. The summed E-state index contributed by atoms with van der Waals surface area (Å²) in [5.74, 6) is 1.50. The van der Waals surface area contributed by atoms with E-state index < -0.39 is 0 Å². The van der Waals surface area contributed by atoms with Crippen LogP contribution in [0.15, 0.2) is 32.9 Å². The van der Waals surface area contributed by atoms with Gasteiger partial charge in [-0.05, 0) is 17.7 Å². The average molecular weight is 373 g/mol. The average Bonchev–Trinajstić information content (AvgIpc) is 2.91. The third-order valence-corrected chi connectivity index (χ3v) is 6.34. The van der Waals surface area contributed by atoms with Crippen molar-refractivity contribution in [3.05, 3.63) is 34.9 Å². The molecular formula is C15H17ClN2OS3. The Morgan fingerprint density at radius 2 is 1.73 bits per heavy atom. The Bertz CT molecular complexity index is 635. The van der Waals surface area contributed by atoms with Crippen LogP contribution in [0, 0.1) is 5.41 Å². The molecule has 2 rings (SSSR count). The van der Waals surface area contributed by atoms with Gasteiger partial charge in [0.2, 0.25) is 0 Å². The van der Waals surface area contributed by atoms with Crippen molar-refractivity contribution < 1.29 is 4.79 Å². The molecule has 1 aromatic heterocycles. The lowest BCUT2D eigenvalue weighted by Gasteiger charge is -2.15. The Balaban J connectivity index is 1.84. The highest BCUT2D eigenvalue weighted by Crippen LogP contribution is 2.31. The Morgan fingerprint density at radius 1 is 1.14 bits per heavy atom. The molecule has 0 atom stereocenters. The summed E-state index contributed by atoms with van der Waals surface area (Å²) in [5.41, 5.74) is 0.894. The molecule has 0 aliphatic heterocycles. The van der Waals surface area contributed by atoms with Crippen molar-refractivity contribution in [2.24, 2.45) is 5.41 Å². The van der Waals surface area contributed by atoms with Crippen LogP contribution < -0.4 is 0 Å². The fourth-order valence-electron chi connectivity index (χ4n) is 1.38. The van der Waals surface area contributed by atoms with Gasteiger partial charge in [0, 0.05) is 16.2 Å². The molecule has 1 heterocycles. The van der Waals surface area contributed by atoms with E-state index in [1.54, 1.807) is 11.8 Å². The van der Waals surface area contributed by atoms with Gasteiger partial charge in [0.15, 0.2) is 8.68 Å². The number of rotatable bonds is 6. The summed E-state index contributed by atoms with van der Waals surface area (Å²) in [7, 11) is 0. The topological polar surface area (TPSA) is 42.9 Å². The summed E-state index contributed by atoms with van der Waals surface area (Å²) in [6.45, 7) is 5.80. The number of nitrogens with zero attached hydrogens (tertiary/aromatic N) is 2. The van der Waals surface area contributed by atoms with Gasteiger partial charge < -0.3 is 0 Å². The summed E-state index contributed by atoms with van der Waals surface area (Å²) in [6, 6.07) is 7.79. The molecule has 22 heavy (non-hydrogen) atoms. The highest BCUT2D eigenvalue weighted by molar-refractivity contribution is 8.03. The zero-order valence-corrected chi connectivity index (χ0v) is 15.8. The number of ketones is 1. The quantitative estimate of drug-likeness (QED) is 0.652. The van der Waals surface area contributed by atoms with Gasteiger partial charge in [-0.1, -0.05) is 79.4 Å². The number of halogens is 1. The molecule has 1 aromatic carbocycles. The van der Waals surface area contributed by atoms with Crippen molar-refractivity contribution in [3.63, 3.8) is 0 Å². The monoisotopic (exact) mass is 372 g/mol. The SMILES string of the molecule is CC(C)(C)C(=O)CSc1nnc(SCc2ccc(Cl)cc2)s1. The van der Waals surface area contributed by atoms with Gasteiger partial charge in [0.1, 0.15) is 5.78 Å². The number of aromatic nitrogens is 2. The van der Waals surface area contributed by atoms with E-state index >= 15 is 0 Å². The Labute approximate surface area is 148 Å². The summed E-state index contributed by atoms with van der Waals surface area (Å²) in [4.78, 5) is 11.9. The van der Waals surface area contributed by atoms with E-state index in [0.29, 0.717) is 5.75 Å². The number of hydrogen-bond acceptors (Lipinski definition) is 6.